The largest absolute Gasteiger partial charge is 0.493 e. The lowest BCUT2D eigenvalue weighted by Gasteiger charge is -2.11. The summed E-state index contributed by atoms with van der Waals surface area (Å²) < 4.78 is 15.8. The summed E-state index contributed by atoms with van der Waals surface area (Å²) in [4.78, 5) is 19.9. The third kappa shape index (κ3) is 3.19. The van der Waals surface area contributed by atoms with E-state index in [9.17, 15) is 4.79 Å². The maximum atomic E-state index is 11.6. The highest BCUT2D eigenvalue weighted by molar-refractivity contribution is 5.95. The average molecular weight is 335 g/mol. The monoisotopic (exact) mass is 335 g/mol. The molecule has 0 saturated carbocycles. The maximum Gasteiger partial charge on any atom is 0.337 e. The van der Waals surface area contributed by atoms with Gasteiger partial charge in [-0.2, -0.15) is 5.26 Å². The fraction of sp³-hybridized carbons (Fsp3) is 0.111. The molecule has 0 spiro atoms. The molecule has 124 valence electrons. The Morgan fingerprint density at radius 2 is 1.92 bits per heavy atom. The van der Waals surface area contributed by atoms with Crippen molar-refractivity contribution in [1.82, 2.24) is 9.97 Å². The van der Waals surface area contributed by atoms with Gasteiger partial charge < -0.3 is 14.2 Å². The summed E-state index contributed by atoms with van der Waals surface area (Å²) in [6.07, 6.45) is 1.34. The van der Waals surface area contributed by atoms with E-state index in [0.717, 1.165) is 0 Å². The SMILES string of the molecule is COC(=O)c1ccc2c(Oc3ccc(C#N)cc3OC)ncnc2c1. The van der Waals surface area contributed by atoms with Crippen LogP contribution in [0.4, 0.5) is 0 Å². The van der Waals surface area contributed by atoms with Gasteiger partial charge in [0.05, 0.1) is 42.3 Å². The molecule has 3 aromatic rings. The van der Waals surface area contributed by atoms with Gasteiger partial charge in [-0.25, -0.2) is 14.8 Å². The first-order chi connectivity index (χ1) is 12.2. The number of benzene rings is 2. The molecule has 0 atom stereocenters. The Morgan fingerprint density at radius 1 is 1.08 bits per heavy atom. The van der Waals surface area contributed by atoms with Gasteiger partial charge in [-0.15, -0.1) is 0 Å². The molecule has 0 aliphatic rings. The van der Waals surface area contributed by atoms with E-state index in [-0.39, 0.29) is 0 Å². The van der Waals surface area contributed by atoms with Crippen LogP contribution in [0.15, 0.2) is 42.7 Å². The number of carbonyl (C=O) groups is 1. The number of nitrogens with zero attached hydrogens (tertiary/aromatic N) is 3. The molecular weight excluding hydrogens is 322 g/mol. The number of nitriles is 1. The third-order valence-corrected chi connectivity index (χ3v) is 3.52. The number of carbonyl (C=O) groups excluding carboxylic acids is 1. The summed E-state index contributed by atoms with van der Waals surface area (Å²) >= 11 is 0. The molecule has 3 rings (SSSR count). The van der Waals surface area contributed by atoms with Crippen LogP contribution in [0.1, 0.15) is 15.9 Å². The zero-order valence-corrected chi connectivity index (χ0v) is 13.5. The Morgan fingerprint density at radius 3 is 2.64 bits per heavy atom. The Labute approximate surface area is 143 Å². The Hall–Kier alpha value is -3.66. The Balaban J connectivity index is 2.02. The van der Waals surface area contributed by atoms with Crippen molar-refractivity contribution in [3.05, 3.63) is 53.9 Å². The molecule has 0 unspecified atom stereocenters. The molecule has 0 N–H and O–H groups in total. The molecule has 0 bridgehead atoms. The van der Waals surface area contributed by atoms with E-state index < -0.39 is 5.97 Å². The van der Waals surface area contributed by atoms with Gasteiger partial charge in [-0.05, 0) is 30.3 Å². The minimum Gasteiger partial charge on any atom is -0.493 e. The topological polar surface area (TPSA) is 94.3 Å². The molecule has 0 aliphatic carbocycles. The lowest BCUT2D eigenvalue weighted by atomic mass is 10.1. The number of hydrogen-bond acceptors (Lipinski definition) is 7. The first kappa shape index (κ1) is 16.2. The number of ether oxygens (including phenoxy) is 3. The highest BCUT2D eigenvalue weighted by Gasteiger charge is 2.13. The number of fused-ring (bicyclic) bond motifs is 1. The highest BCUT2D eigenvalue weighted by Crippen LogP contribution is 2.34. The van der Waals surface area contributed by atoms with Crippen LogP contribution in [0, 0.1) is 11.3 Å². The molecule has 0 radical (unpaired) electrons. The second-order valence-electron chi connectivity index (χ2n) is 4.98. The first-order valence-corrected chi connectivity index (χ1v) is 7.25. The molecule has 7 nitrogen and oxygen atoms in total. The van der Waals surface area contributed by atoms with Gasteiger partial charge >= 0.3 is 5.97 Å². The lowest BCUT2D eigenvalue weighted by molar-refractivity contribution is 0.0601. The normalized spacial score (nSPS) is 10.1. The zero-order valence-electron chi connectivity index (χ0n) is 13.5. The van der Waals surface area contributed by atoms with Crippen molar-refractivity contribution < 1.29 is 19.0 Å². The van der Waals surface area contributed by atoms with Gasteiger partial charge in [0.1, 0.15) is 6.33 Å². The molecule has 2 aromatic carbocycles. The summed E-state index contributed by atoms with van der Waals surface area (Å²) in [5, 5.41) is 9.59. The van der Waals surface area contributed by atoms with Crippen LogP contribution in [0.3, 0.4) is 0 Å². The fourth-order valence-electron chi connectivity index (χ4n) is 2.28. The standard InChI is InChI=1S/C18H13N3O4/c1-23-16-7-11(9-19)3-6-15(16)25-17-13-5-4-12(18(22)24-2)8-14(13)20-10-21-17/h3-8,10H,1-2H3. The lowest BCUT2D eigenvalue weighted by Crippen LogP contribution is -2.01. The number of esters is 1. The van der Waals surface area contributed by atoms with Crippen LogP contribution in [0.25, 0.3) is 10.9 Å². The highest BCUT2D eigenvalue weighted by atomic mass is 16.5. The number of hydrogen-bond donors (Lipinski definition) is 0. The van der Waals surface area contributed by atoms with Crippen LogP contribution < -0.4 is 9.47 Å². The predicted molar refractivity (Wildman–Crippen MR) is 88.7 cm³/mol. The molecule has 0 saturated heterocycles. The predicted octanol–water partition coefficient (Wildman–Crippen LogP) is 3.09. The number of methoxy groups -OCH3 is 2. The number of aromatic nitrogens is 2. The Bertz CT molecular complexity index is 995. The van der Waals surface area contributed by atoms with E-state index in [1.165, 1.54) is 20.5 Å². The molecule has 0 aliphatic heterocycles. The fourth-order valence-corrected chi connectivity index (χ4v) is 2.28. The molecule has 7 heteroatoms. The van der Waals surface area contributed by atoms with Gasteiger partial charge in [0, 0.05) is 6.07 Å². The van der Waals surface area contributed by atoms with E-state index >= 15 is 0 Å². The van der Waals surface area contributed by atoms with Gasteiger partial charge in [-0.1, -0.05) is 0 Å². The molecule has 1 heterocycles. The van der Waals surface area contributed by atoms with E-state index in [1.807, 2.05) is 6.07 Å². The van der Waals surface area contributed by atoms with Crippen LogP contribution in [0.5, 0.6) is 17.4 Å². The maximum absolute atomic E-state index is 11.6. The van der Waals surface area contributed by atoms with Crippen LogP contribution in [-0.2, 0) is 4.74 Å². The van der Waals surface area contributed by atoms with Crippen LogP contribution in [0.2, 0.25) is 0 Å². The quantitative estimate of drug-likeness (QED) is 0.676. The van der Waals surface area contributed by atoms with Gasteiger partial charge in [0.2, 0.25) is 5.88 Å². The first-order valence-electron chi connectivity index (χ1n) is 7.25. The average Bonchev–Trinajstić information content (AvgIpc) is 2.67. The summed E-state index contributed by atoms with van der Waals surface area (Å²) in [6, 6.07) is 11.8. The third-order valence-electron chi connectivity index (χ3n) is 3.52. The van der Waals surface area contributed by atoms with Crippen molar-refractivity contribution >= 4 is 16.9 Å². The summed E-state index contributed by atoms with van der Waals surface area (Å²) in [6.45, 7) is 0. The zero-order chi connectivity index (χ0) is 17.8. The summed E-state index contributed by atoms with van der Waals surface area (Å²) in [5.41, 5.74) is 1.38. The van der Waals surface area contributed by atoms with Crippen LogP contribution >= 0.6 is 0 Å². The van der Waals surface area contributed by atoms with Gasteiger partial charge in [0.15, 0.2) is 11.5 Å². The van der Waals surface area contributed by atoms with Crippen molar-refractivity contribution in [2.24, 2.45) is 0 Å². The van der Waals surface area contributed by atoms with Crippen molar-refractivity contribution in [3.8, 4) is 23.4 Å². The van der Waals surface area contributed by atoms with Crippen molar-refractivity contribution in [3.63, 3.8) is 0 Å². The van der Waals surface area contributed by atoms with E-state index in [4.69, 9.17) is 19.5 Å². The minimum absolute atomic E-state index is 0.310. The molecule has 0 amide bonds. The van der Waals surface area contributed by atoms with E-state index in [1.54, 1.807) is 36.4 Å². The summed E-state index contributed by atoms with van der Waals surface area (Å²) in [5.74, 6) is 0.691. The van der Waals surface area contributed by atoms with Crippen molar-refractivity contribution in [1.29, 1.82) is 5.26 Å². The van der Waals surface area contributed by atoms with E-state index in [2.05, 4.69) is 9.97 Å². The van der Waals surface area contributed by atoms with Gasteiger partial charge in [-0.3, -0.25) is 0 Å². The Kier molecular flexibility index (Phi) is 4.44. The minimum atomic E-state index is -0.447. The van der Waals surface area contributed by atoms with Gasteiger partial charge in [0.25, 0.3) is 0 Å². The smallest absolute Gasteiger partial charge is 0.337 e. The van der Waals surface area contributed by atoms with Crippen molar-refractivity contribution in [2.75, 3.05) is 14.2 Å². The van der Waals surface area contributed by atoms with Crippen molar-refractivity contribution in [2.45, 2.75) is 0 Å². The van der Waals surface area contributed by atoms with E-state index in [0.29, 0.717) is 39.4 Å². The number of rotatable bonds is 4. The van der Waals surface area contributed by atoms with Crippen LogP contribution in [-0.4, -0.2) is 30.2 Å². The second-order valence-corrected chi connectivity index (χ2v) is 4.98. The summed E-state index contributed by atoms with van der Waals surface area (Å²) in [7, 11) is 2.81. The molecular formula is C18H13N3O4. The molecule has 1 aromatic heterocycles. The second kappa shape index (κ2) is 6.84. The molecule has 25 heavy (non-hydrogen) atoms. The molecule has 0 fully saturated rings.